The number of ether oxygens (including phenoxy) is 1. The molecule has 10 heteroatoms. The molecular weight excluding hydrogens is 412 g/mol. The predicted octanol–water partition coefficient (Wildman–Crippen LogP) is 3.08. The first-order chi connectivity index (χ1) is 15.5. The first kappa shape index (κ1) is 21.3. The number of fused-ring (bicyclic) bond motifs is 1. The van der Waals surface area contributed by atoms with Crippen LogP contribution in [-0.4, -0.2) is 37.5 Å². The maximum Gasteiger partial charge on any atom is 0.243 e. The zero-order chi connectivity index (χ0) is 22.5. The van der Waals surface area contributed by atoms with Gasteiger partial charge in [-0.2, -0.15) is 10.1 Å². The molecule has 10 nitrogen and oxygen atoms in total. The topological polar surface area (TPSA) is 141 Å². The third-order valence-corrected chi connectivity index (χ3v) is 4.91. The summed E-state index contributed by atoms with van der Waals surface area (Å²) in [6.07, 6.45) is 3.30. The number of furan rings is 1. The van der Waals surface area contributed by atoms with E-state index in [1.165, 1.54) is 0 Å². The molecule has 1 aromatic carbocycles. The van der Waals surface area contributed by atoms with E-state index in [0.717, 1.165) is 22.5 Å². The standard InChI is InChI=1S/C22H24N6O4/c1-14-8-9-18(32-14)20-17-12-24-28(21(17)26-22(23)25-20)13-15-5-4-6-16(11-15)31-10-3-2-7-19(29)27-30/h4-6,8-9,11-12,30H,2-3,7,10,13H2,1H3,(H,27,29)(H2,23,25,26). The van der Waals surface area contributed by atoms with Crippen LogP contribution in [0.15, 0.2) is 47.0 Å². The minimum atomic E-state index is -0.395. The van der Waals surface area contributed by atoms with Crippen molar-refractivity contribution in [1.29, 1.82) is 0 Å². The van der Waals surface area contributed by atoms with Gasteiger partial charge in [0.1, 0.15) is 17.2 Å². The normalized spacial score (nSPS) is 11.1. The zero-order valence-corrected chi connectivity index (χ0v) is 17.6. The van der Waals surface area contributed by atoms with Gasteiger partial charge >= 0.3 is 0 Å². The van der Waals surface area contributed by atoms with Gasteiger partial charge in [-0.15, -0.1) is 0 Å². The third kappa shape index (κ3) is 4.86. The summed E-state index contributed by atoms with van der Waals surface area (Å²) in [5.41, 5.74) is 9.80. The molecule has 0 radical (unpaired) electrons. The minimum Gasteiger partial charge on any atom is -0.494 e. The Bertz CT molecular complexity index is 1230. The highest BCUT2D eigenvalue weighted by Gasteiger charge is 2.16. The Labute approximate surface area is 184 Å². The van der Waals surface area contributed by atoms with E-state index < -0.39 is 5.91 Å². The highest BCUT2D eigenvalue weighted by atomic mass is 16.5. The molecule has 0 saturated carbocycles. The van der Waals surface area contributed by atoms with Crippen LogP contribution in [-0.2, 0) is 11.3 Å². The van der Waals surface area contributed by atoms with E-state index in [9.17, 15) is 4.79 Å². The smallest absolute Gasteiger partial charge is 0.243 e. The number of nitrogens with two attached hydrogens (primary N) is 1. The molecule has 0 spiro atoms. The summed E-state index contributed by atoms with van der Waals surface area (Å²) in [5, 5.41) is 13.7. The van der Waals surface area contributed by atoms with E-state index in [1.807, 2.05) is 43.3 Å². The number of nitrogens with one attached hydrogen (secondary N) is 1. The molecule has 0 aliphatic rings. The Balaban J connectivity index is 1.47. The summed E-state index contributed by atoms with van der Waals surface area (Å²) in [7, 11) is 0. The number of anilines is 1. The first-order valence-corrected chi connectivity index (χ1v) is 10.2. The zero-order valence-electron chi connectivity index (χ0n) is 17.6. The molecule has 0 unspecified atom stereocenters. The van der Waals surface area contributed by atoms with Crippen molar-refractivity contribution in [2.45, 2.75) is 32.7 Å². The highest BCUT2D eigenvalue weighted by Crippen LogP contribution is 2.28. The molecule has 3 aromatic heterocycles. The number of hydrogen-bond donors (Lipinski definition) is 3. The van der Waals surface area contributed by atoms with Crippen LogP contribution in [0.1, 0.15) is 30.6 Å². The molecule has 0 saturated heterocycles. The number of unbranched alkanes of at least 4 members (excludes halogenated alkanes) is 1. The quantitative estimate of drug-likeness (QED) is 0.206. The molecule has 0 bridgehead atoms. The van der Waals surface area contributed by atoms with Crippen molar-refractivity contribution in [2.75, 3.05) is 12.3 Å². The van der Waals surface area contributed by atoms with Gasteiger partial charge in [0.2, 0.25) is 11.9 Å². The number of hydrogen-bond acceptors (Lipinski definition) is 8. The van der Waals surface area contributed by atoms with Crippen molar-refractivity contribution in [2.24, 2.45) is 0 Å². The van der Waals surface area contributed by atoms with Crippen LogP contribution >= 0.6 is 0 Å². The van der Waals surface area contributed by atoms with Crippen molar-refractivity contribution in [3.05, 3.63) is 53.9 Å². The molecule has 32 heavy (non-hydrogen) atoms. The number of hydroxylamine groups is 1. The second-order valence-corrected chi connectivity index (χ2v) is 7.37. The number of amides is 1. The molecule has 4 aromatic rings. The molecule has 0 aliphatic heterocycles. The van der Waals surface area contributed by atoms with Gasteiger partial charge in [0.15, 0.2) is 11.4 Å². The minimum absolute atomic E-state index is 0.148. The lowest BCUT2D eigenvalue weighted by Gasteiger charge is -2.09. The number of aryl methyl sites for hydroxylation is 1. The first-order valence-electron chi connectivity index (χ1n) is 10.2. The fourth-order valence-corrected chi connectivity index (χ4v) is 3.38. The van der Waals surface area contributed by atoms with Crippen molar-refractivity contribution in [1.82, 2.24) is 25.2 Å². The van der Waals surface area contributed by atoms with Gasteiger partial charge in [-0.1, -0.05) is 12.1 Å². The fraction of sp³-hybridized carbons (Fsp3) is 0.273. The van der Waals surface area contributed by atoms with Gasteiger partial charge in [-0.05, 0) is 49.6 Å². The third-order valence-electron chi connectivity index (χ3n) is 4.91. The summed E-state index contributed by atoms with van der Waals surface area (Å²) >= 11 is 0. The molecule has 3 heterocycles. The lowest BCUT2D eigenvalue weighted by molar-refractivity contribution is -0.129. The Morgan fingerprint density at radius 2 is 2.12 bits per heavy atom. The highest BCUT2D eigenvalue weighted by molar-refractivity contribution is 5.89. The van der Waals surface area contributed by atoms with Gasteiger partial charge in [0, 0.05) is 6.42 Å². The van der Waals surface area contributed by atoms with Crippen LogP contribution in [0, 0.1) is 6.92 Å². The monoisotopic (exact) mass is 436 g/mol. The fourth-order valence-electron chi connectivity index (χ4n) is 3.38. The van der Waals surface area contributed by atoms with Gasteiger partial charge in [0.05, 0.1) is 24.7 Å². The van der Waals surface area contributed by atoms with Crippen LogP contribution < -0.4 is 16.0 Å². The van der Waals surface area contributed by atoms with Crippen LogP contribution in [0.5, 0.6) is 5.75 Å². The molecular formula is C22H24N6O4. The van der Waals surface area contributed by atoms with Gasteiger partial charge < -0.3 is 14.9 Å². The summed E-state index contributed by atoms with van der Waals surface area (Å²) in [6, 6.07) is 11.4. The second-order valence-electron chi connectivity index (χ2n) is 7.37. The van der Waals surface area contributed by atoms with Crippen molar-refractivity contribution in [3.8, 4) is 17.2 Å². The molecule has 166 valence electrons. The number of carbonyl (C=O) groups excluding carboxylic acids is 1. The number of nitrogens with zero attached hydrogens (tertiary/aromatic N) is 4. The Morgan fingerprint density at radius 3 is 2.91 bits per heavy atom. The number of carbonyl (C=O) groups is 1. The number of benzene rings is 1. The lowest BCUT2D eigenvalue weighted by atomic mass is 10.2. The molecule has 0 atom stereocenters. The molecule has 4 N–H and O–H groups in total. The van der Waals surface area contributed by atoms with Crippen LogP contribution in [0.4, 0.5) is 5.95 Å². The predicted molar refractivity (Wildman–Crippen MR) is 117 cm³/mol. The van der Waals surface area contributed by atoms with Gasteiger partial charge in [0.25, 0.3) is 0 Å². The summed E-state index contributed by atoms with van der Waals surface area (Å²) < 4.78 is 13.3. The van der Waals surface area contributed by atoms with E-state index >= 15 is 0 Å². The number of rotatable bonds is 9. The summed E-state index contributed by atoms with van der Waals surface area (Å²) in [6.45, 7) is 2.82. The van der Waals surface area contributed by atoms with E-state index in [-0.39, 0.29) is 12.4 Å². The molecule has 1 amide bonds. The van der Waals surface area contributed by atoms with Crippen molar-refractivity contribution >= 4 is 22.9 Å². The van der Waals surface area contributed by atoms with E-state index in [1.54, 1.807) is 16.4 Å². The van der Waals surface area contributed by atoms with Crippen LogP contribution in [0.2, 0.25) is 0 Å². The number of aromatic nitrogens is 4. The van der Waals surface area contributed by atoms with E-state index in [4.69, 9.17) is 20.1 Å². The molecule has 4 rings (SSSR count). The lowest BCUT2D eigenvalue weighted by Crippen LogP contribution is -2.18. The van der Waals surface area contributed by atoms with Crippen LogP contribution in [0.3, 0.4) is 0 Å². The Morgan fingerprint density at radius 1 is 1.25 bits per heavy atom. The average Bonchev–Trinajstić information content (AvgIpc) is 3.39. The molecule has 0 fully saturated rings. The van der Waals surface area contributed by atoms with E-state index in [2.05, 4.69) is 15.1 Å². The SMILES string of the molecule is Cc1ccc(-c2nc(N)nc3c2cnn3Cc2cccc(OCCCCC(=O)NO)c2)o1. The van der Waals surface area contributed by atoms with Gasteiger partial charge in [-0.3, -0.25) is 10.0 Å². The van der Waals surface area contributed by atoms with Crippen molar-refractivity contribution < 1.29 is 19.2 Å². The summed E-state index contributed by atoms with van der Waals surface area (Å²) in [4.78, 5) is 19.8. The maximum atomic E-state index is 11.0. The Kier molecular flexibility index (Phi) is 6.31. The summed E-state index contributed by atoms with van der Waals surface area (Å²) in [5.74, 6) is 1.88. The average molecular weight is 436 g/mol. The molecule has 0 aliphatic carbocycles. The largest absolute Gasteiger partial charge is 0.494 e. The van der Waals surface area contributed by atoms with Crippen LogP contribution in [0.25, 0.3) is 22.5 Å². The Hall–Kier alpha value is -3.92. The van der Waals surface area contributed by atoms with Crippen molar-refractivity contribution in [3.63, 3.8) is 0 Å². The van der Waals surface area contributed by atoms with E-state index in [0.29, 0.717) is 43.1 Å². The number of nitrogen functional groups attached to an aromatic ring is 1. The maximum absolute atomic E-state index is 11.0. The van der Waals surface area contributed by atoms with Gasteiger partial charge in [-0.25, -0.2) is 15.1 Å². The second kappa shape index (κ2) is 9.48.